The van der Waals surface area contributed by atoms with Crippen molar-refractivity contribution in [3.63, 3.8) is 0 Å². The van der Waals surface area contributed by atoms with Gasteiger partial charge in [-0.2, -0.15) is 5.26 Å². The molecule has 0 aliphatic carbocycles. The summed E-state index contributed by atoms with van der Waals surface area (Å²) in [6.45, 7) is 2.76. The fourth-order valence-corrected chi connectivity index (χ4v) is 3.08. The second-order valence-electron chi connectivity index (χ2n) is 5.18. The van der Waals surface area contributed by atoms with Crippen LogP contribution in [0, 0.1) is 18.3 Å². The number of aromatic nitrogens is 2. The average molecular weight is 299 g/mol. The van der Waals surface area contributed by atoms with Gasteiger partial charge in [0.25, 0.3) is 0 Å². The molecule has 0 amide bonds. The molecule has 1 aromatic heterocycles. The normalized spacial score (nSPS) is 17.8. The standard InChI is InChI=1S/C16H15ClN4/c1-11-9-12(10-18)20-16(19-11)21-8-4-7-15(21)13-5-2-3-6-14(13)17/h2-3,5-6,9,15H,4,7-8H2,1H3. The first-order valence-electron chi connectivity index (χ1n) is 6.96. The molecule has 1 atom stereocenters. The number of nitrogens with zero attached hydrogens (tertiary/aromatic N) is 4. The third-order valence-electron chi connectivity index (χ3n) is 3.73. The monoisotopic (exact) mass is 298 g/mol. The summed E-state index contributed by atoms with van der Waals surface area (Å²) in [6.07, 6.45) is 2.08. The van der Waals surface area contributed by atoms with Crippen molar-refractivity contribution in [2.45, 2.75) is 25.8 Å². The molecule has 0 spiro atoms. The molecule has 0 radical (unpaired) electrons. The van der Waals surface area contributed by atoms with Gasteiger partial charge in [-0.05, 0) is 37.5 Å². The number of rotatable bonds is 2. The molecule has 3 rings (SSSR count). The fraction of sp³-hybridized carbons (Fsp3) is 0.312. The lowest BCUT2D eigenvalue weighted by Crippen LogP contribution is -2.25. The SMILES string of the molecule is Cc1cc(C#N)nc(N2CCCC2c2ccccc2Cl)n1. The summed E-state index contributed by atoms with van der Waals surface area (Å²) >= 11 is 6.33. The maximum atomic E-state index is 9.08. The molecule has 1 aliphatic rings. The van der Waals surface area contributed by atoms with Crippen LogP contribution < -0.4 is 4.90 Å². The predicted molar refractivity (Wildman–Crippen MR) is 82.3 cm³/mol. The molecule has 5 heteroatoms. The lowest BCUT2D eigenvalue weighted by atomic mass is 10.0. The van der Waals surface area contributed by atoms with E-state index in [2.05, 4.69) is 20.9 Å². The second-order valence-corrected chi connectivity index (χ2v) is 5.59. The largest absolute Gasteiger partial charge is 0.334 e. The van der Waals surface area contributed by atoms with Crippen LogP contribution in [0.5, 0.6) is 0 Å². The summed E-state index contributed by atoms with van der Waals surface area (Å²) in [6, 6.07) is 11.8. The van der Waals surface area contributed by atoms with E-state index in [4.69, 9.17) is 16.9 Å². The van der Waals surface area contributed by atoms with Crippen LogP contribution in [0.3, 0.4) is 0 Å². The van der Waals surface area contributed by atoms with Crippen molar-refractivity contribution < 1.29 is 0 Å². The summed E-state index contributed by atoms with van der Waals surface area (Å²) in [5.74, 6) is 0.619. The number of halogens is 1. The fourth-order valence-electron chi connectivity index (χ4n) is 2.81. The maximum absolute atomic E-state index is 9.08. The molecule has 1 fully saturated rings. The van der Waals surface area contributed by atoms with Gasteiger partial charge >= 0.3 is 0 Å². The Labute approximate surface area is 129 Å². The number of anilines is 1. The smallest absolute Gasteiger partial charge is 0.227 e. The van der Waals surface area contributed by atoms with Gasteiger partial charge in [-0.15, -0.1) is 0 Å². The summed E-state index contributed by atoms with van der Waals surface area (Å²) in [5.41, 5.74) is 2.31. The van der Waals surface area contributed by atoms with E-state index in [1.54, 1.807) is 6.07 Å². The van der Waals surface area contributed by atoms with Crippen LogP contribution in [0.1, 0.15) is 35.8 Å². The van der Waals surface area contributed by atoms with Gasteiger partial charge in [-0.1, -0.05) is 29.8 Å². The summed E-state index contributed by atoms with van der Waals surface area (Å²) < 4.78 is 0. The van der Waals surface area contributed by atoms with Crippen molar-refractivity contribution in [3.8, 4) is 6.07 Å². The van der Waals surface area contributed by atoms with E-state index in [-0.39, 0.29) is 6.04 Å². The van der Waals surface area contributed by atoms with E-state index in [9.17, 15) is 0 Å². The molecule has 0 saturated carbocycles. The van der Waals surface area contributed by atoms with Crippen LogP contribution in [0.2, 0.25) is 5.02 Å². The minimum atomic E-state index is 0.173. The first-order chi connectivity index (χ1) is 10.2. The topological polar surface area (TPSA) is 52.8 Å². The van der Waals surface area contributed by atoms with Crippen LogP contribution in [0.4, 0.5) is 5.95 Å². The highest BCUT2D eigenvalue weighted by Gasteiger charge is 2.29. The lowest BCUT2D eigenvalue weighted by molar-refractivity contribution is 0.700. The minimum absolute atomic E-state index is 0.173. The van der Waals surface area contributed by atoms with E-state index in [1.165, 1.54) is 0 Å². The highest BCUT2D eigenvalue weighted by atomic mass is 35.5. The Bertz CT molecular complexity index is 708. The van der Waals surface area contributed by atoms with Gasteiger partial charge in [0, 0.05) is 17.3 Å². The summed E-state index contributed by atoms with van der Waals surface area (Å²) in [4.78, 5) is 11.0. The molecule has 21 heavy (non-hydrogen) atoms. The number of aryl methyl sites for hydroxylation is 1. The van der Waals surface area contributed by atoms with E-state index in [1.807, 2.05) is 31.2 Å². The molecule has 1 saturated heterocycles. The van der Waals surface area contributed by atoms with Gasteiger partial charge in [0.2, 0.25) is 5.95 Å². The Kier molecular flexibility index (Phi) is 3.76. The van der Waals surface area contributed by atoms with Crippen LogP contribution in [-0.2, 0) is 0 Å². The molecular weight excluding hydrogens is 284 g/mol. The quantitative estimate of drug-likeness (QED) is 0.849. The molecule has 4 nitrogen and oxygen atoms in total. The zero-order chi connectivity index (χ0) is 14.8. The van der Waals surface area contributed by atoms with Crippen LogP contribution in [0.15, 0.2) is 30.3 Å². The molecule has 1 aliphatic heterocycles. The highest BCUT2D eigenvalue weighted by Crippen LogP contribution is 2.37. The Morgan fingerprint density at radius 2 is 2.14 bits per heavy atom. The minimum Gasteiger partial charge on any atom is -0.334 e. The average Bonchev–Trinajstić information content (AvgIpc) is 2.96. The second kappa shape index (κ2) is 5.71. The van der Waals surface area contributed by atoms with Crippen LogP contribution >= 0.6 is 11.6 Å². The first-order valence-corrected chi connectivity index (χ1v) is 7.33. The summed E-state index contributed by atoms with van der Waals surface area (Å²) in [5, 5.41) is 9.84. The van der Waals surface area contributed by atoms with Crippen LogP contribution in [0.25, 0.3) is 0 Å². The van der Waals surface area contributed by atoms with Gasteiger partial charge < -0.3 is 4.90 Å². The Morgan fingerprint density at radius 1 is 1.33 bits per heavy atom. The Morgan fingerprint density at radius 3 is 2.90 bits per heavy atom. The first kappa shape index (κ1) is 13.8. The zero-order valence-electron chi connectivity index (χ0n) is 11.8. The number of nitriles is 1. The molecule has 1 unspecified atom stereocenters. The van der Waals surface area contributed by atoms with E-state index >= 15 is 0 Å². The van der Waals surface area contributed by atoms with Crippen molar-refractivity contribution in [1.82, 2.24) is 9.97 Å². The molecule has 2 heterocycles. The Hall–Kier alpha value is -2.12. The van der Waals surface area contributed by atoms with Crippen molar-refractivity contribution in [1.29, 1.82) is 5.26 Å². The van der Waals surface area contributed by atoms with Crippen molar-refractivity contribution in [2.24, 2.45) is 0 Å². The van der Waals surface area contributed by atoms with Crippen molar-refractivity contribution in [3.05, 3.63) is 52.3 Å². The van der Waals surface area contributed by atoms with E-state index < -0.39 is 0 Å². The number of benzene rings is 1. The van der Waals surface area contributed by atoms with E-state index in [0.29, 0.717) is 11.6 Å². The van der Waals surface area contributed by atoms with Gasteiger partial charge in [0.05, 0.1) is 6.04 Å². The lowest BCUT2D eigenvalue weighted by Gasteiger charge is -2.26. The van der Waals surface area contributed by atoms with Gasteiger partial charge in [-0.25, -0.2) is 9.97 Å². The molecular formula is C16H15ClN4. The number of hydrogen-bond donors (Lipinski definition) is 0. The maximum Gasteiger partial charge on any atom is 0.227 e. The van der Waals surface area contributed by atoms with Crippen molar-refractivity contribution in [2.75, 3.05) is 11.4 Å². The predicted octanol–water partition coefficient (Wildman–Crippen LogP) is 3.65. The molecule has 2 aromatic rings. The molecule has 0 bridgehead atoms. The third-order valence-corrected chi connectivity index (χ3v) is 4.08. The van der Waals surface area contributed by atoms with Crippen molar-refractivity contribution >= 4 is 17.5 Å². The van der Waals surface area contributed by atoms with Gasteiger partial charge in [0.1, 0.15) is 11.8 Å². The van der Waals surface area contributed by atoms with Crippen LogP contribution in [-0.4, -0.2) is 16.5 Å². The molecule has 1 aromatic carbocycles. The Balaban J connectivity index is 2.00. The number of hydrogen-bond acceptors (Lipinski definition) is 4. The van der Waals surface area contributed by atoms with Gasteiger partial charge in [0.15, 0.2) is 0 Å². The summed E-state index contributed by atoms with van der Waals surface area (Å²) in [7, 11) is 0. The molecule has 106 valence electrons. The van der Waals surface area contributed by atoms with Gasteiger partial charge in [-0.3, -0.25) is 0 Å². The third kappa shape index (κ3) is 2.70. The molecule has 0 N–H and O–H groups in total. The zero-order valence-corrected chi connectivity index (χ0v) is 12.5. The van der Waals surface area contributed by atoms with E-state index in [0.717, 1.165) is 35.7 Å². The highest BCUT2D eigenvalue weighted by molar-refractivity contribution is 6.31.